The second-order valence-electron chi connectivity index (χ2n) is 6.25. The summed E-state index contributed by atoms with van der Waals surface area (Å²) in [6.45, 7) is 6.76. The first kappa shape index (κ1) is 19.3. The van der Waals surface area contributed by atoms with E-state index in [-0.39, 0.29) is 11.9 Å². The van der Waals surface area contributed by atoms with Gasteiger partial charge in [-0.2, -0.15) is 12.6 Å². The zero-order valence-electron chi connectivity index (χ0n) is 15.1. The Morgan fingerprint density at radius 2 is 1.96 bits per heavy atom. The Hall–Kier alpha value is -1.98. The molecule has 0 bridgehead atoms. The van der Waals surface area contributed by atoms with Crippen molar-refractivity contribution in [2.45, 2.75) is 33.2 Å². The number of anilines is 2. The average molecular weight is 358 g/mol. The second kappa shape index (κ2) is 8.92. The maximum atomic E-state index is 12.6. The van der Waals surface area contributed by atoms with Gasteiger partial charge in [-0.15, -0.1) is 0 Å². The van der Waals surface area contributed by atoms with Gasteiger partial charge in [-0.1, -0.05) is 25.1 Å². The fraction of sp³-hybridized carbons (Fsp3) is 0.350. The van der Waals surface area contributed by atoms with E-state index in [9.17, 15) is 4.79 Å². The molecule has 0 aromatic heterocycles. The summed E-state index contributed by atoms with van der Waals surface area (Å²) in [4.78, 5) is 12.6. The lowest BCUT2D eigenvalue weighted by Gasteiger charge is -2.16. The summed E-state index contributed by atoms with van der Waals surface area (Å²) < 4.78 is 0. The number of thiol groups is 1. The summed E-state index contributed by atoms with van der Waals surface area (Å²) in [7, 11) is 0. The van der Waals surface area contributed by atoms with Crippen LogP contribution in [0.5, 0.6) is 0 Å². The molecule has 0 radical (unpaired) electrons. The molecule has 1 unspecified atom stereocenters. The lowest BCUT2D eigenvalue weighted by Crippen LogP contribution is -2.31. The van der Waals surface area contributed by atoms with Crippen LogP contribution in [0.15, 0.2) is 36.4 Å². The number of amides is 1. The third-order valence-corrected chi connectivity index (χ3v) is 4.86. The van der Waals surface area contributed by atoms with Gasteiger partial charge < -0.3 is 16.4 Å². The highest BCUT2D eigenvalue weighted by Crippen LogP contribution is 2.22. The topological polar surface area (TPSA) is 67.2 Å². The number of nitrogens with two attached hydrogens (primary N) is 1. The zero-order valence-corrected chi connectivity index (χ0v) is 16.0. The van der Waals surface area contributed by atoms with Gasteiger partial charge in [0.05, 0.1) is 0 Å². The Morgan fingerprint density at radius 3 is 2.64 bits per heavy atom. The lowest BCUT2D eigenvalue weighted by molar-refractivity contribution is 0.102. The van der Waals surface area contributed by atoms with Gasteiger partial charge in [0.1, 0.15) is 0 Å². The van der Waals surface area contributed by atoms with Gasteiger partial charge in [-0.05, 0) is 55.2 Å². The molecule has 0 aliphatic heterocycles. The molecule has 0 saturated carbocycles. The molecule has 25 heavy (non-hydrogen) atoms. The van der Waals surface area contributed by atoms with Crippen molar-refractivity contribution >= 4 is 29.9 Å². The smallest absolute Gasteiger partial charge is 0.255 e. The summed E-state index contributed by atoms with van der Waals surface area (Å²) in [6, 6.07) is 11.6. The van der Waals surface area contributed by atoms with Gasteiger partial charge in [-0.25, -0.2) is 0 Å². The van der Waals surface area contributed by atoms with Crippen LogP contribution in [-0.4, -0.2) is 24.2 Å². The third kappa shape index (κ3) is 5.00. The molecule has 134 valence electrons. The minimum atomic E-state index is -0.113. The normalized spacial score (nSPS) is 11.9. The maximum Gasteiger partial charge on any atom is 0.255 e. The standard InChI is InChI=1S/C20H27N3OS/c1-4-15-8-9-16(10-19(15)22-11-17(21)12-25)20(24)23-18-7-5-6-13(2)14(18)3/h5-10,17,22,25H,4,11-12,21H2,1-3H3,(H,23,24). The van der Waals surface area contributed by atoms with E-state index >= 15 is 0 Å². The second-order valence-corrected chi connectivity index (χ2v) is 6.62. The number of nitrogens with one attached hydrogen (secondary N) is 2. The molecule has 4 N–H and O–H groups in total. The van der Waals surface area contributed by atoms with Gasteiger partial charge >= 0.3 is 0 Å². The fourth-order valence-corrected chi connectivity index (χ4v) is 2.71. The number of hydrogen-bond donors (Lipinski definition) is 4. The predicted octanol–water partition coefficient (Wildman–Crippen LogP) is 3.79. The molecular weight excluding hydrogens is 330 g/mol. The van der Waals surface area contributed by atoms with Crippen LogP contribution in [-0.2, 0) is 6.42 Å². The molecule has 0 spiro atoms. The van der Waals surface area contributed by atoms with Crippen LogP contribution in [0.25, 0.3) is 0 Å². The van der Waals surface area contributed by atoms with E-state index in [4.69, 9.17) is 5.73 Å². The van der Waals surface area contributed by atoms with Crippen molar-refractivity contribution in [2.75, 3.05) is 22.9 Å². The Labute approximate surface area is 155 Å². The minimum absolute atomic E-state index is 0.0273. The lowest BCUT2D eigenvalue weighted by atomic mass is 10.0. The predicted molar refractivity (Wildman–Crippen MR) is 110 cm³/mol. The monoisotopic (exact) mass is 357 g/mol. The van der Waals surface area contributed by atoms with E-state index in [0.717, 1.165) is 34.5 Å². The molecule has 0 aliphatic carbocycles. The van der Waals surface area contributed by atoms with Crippen molar-refractivity contribution in [2.24, 2.45) is 5.73 Å². The van der Waals surface area contributed by atoms with Crippen LogP contribution in [0.4, 0.5) is 11.4 Å². The van der Waals surface area contributed by atoms with E-state index in [0.29, 0.717) is 17.9 Å². The summed E-state index contributed by atoms with van der Waals surface area (Å²) in [5, 5.41) is 6.35. The van der Waals surface area contributed by atoms with Crippen molar-refractivity contribution < 1.29 is 4.79 Å². The zero-order chi connectivity index (χ0) is 18.4. The number of carbonyl (C=O) groups excluding carboxylic acids is 1. The van der Waals surface area contributed by atoms with Gasteiger partial charge in [-0.3, -0.25) is 4.79 Å². The molecule has 2 rings (SSSR count). The first-order chi connectivity index (χ1) is 12.0. The van der Waals surface area contributed by atoms with Gasteiger partial charge in [0, 0.05) is 35.3 Å². The van der Waals surface area contributed by atoms with Crippen LogP contribution >= 0.6 is 12.6 Å². The summed E-state index contributed by atoms with van der Waals surface area (Å²) in [5.74, 6) is 0.499. The SMILES string of the molecule is CCc1ccc(C(=O)Nc2cccc(C)c2C)cc1NCC(N)CS. The van der Waals surface area contributed by atoms with E-state index in [1.807, 2.05) is 50.2 Å². The molecule has 5 heteroatoms. The quantitative estimate of drug-likeness (QED) is 0.570. The molecule has 0 aliphatic rings. The Bertz CT molecular complexity index is 746. The Balaban J connectivity index is 2.20. The molecule has 0 fully saturated rings. The highest BCUT2D eigenvalue weighted by molar-refractivity contribution is 7.80. The number of benzene rings is 2. The molecular formula is C20H27N3OS. The van der Waals surface area contributed by atoms with E-state index in [1.165, 1.54) is 0 Å². The molecule has 0 heterocycles. The van der Waals surface area contributed by atoms with Gasteiger partial charge in [0.2, 0.25) is 0 Å². The minimum Gasteiger partial charge on any atom is -0.383 e. The van der Waals surface area contributed by atoms with Crippen molar-refractivity contribution in [3.8, 4) is 0 Å². The Kier molecular flexibility index (Phi) is 6.91. The van der Waals surface area contributed by atoms with Crippen molar-refractivity contribution in [1.82, 2.24) is 0 Å². The number of aryl methyl sites for hydroxylation is 2. The van der Waals surface area contributed by atoms with Crippen molar-refractivity contribution in [3.63, 3.8) is 0 Å². The summed E-state index contributed by atoms with van der Waals surface area (Å²) in [5.41, 5.74) is 11.7. The molecule has 2 aromatic carbocycles. The van der Waals surface area contributed by atoms with Crippen molar-refractivity contribution in [3.05, 3.63) is 58.7 Å². The Morgan fingerprint density at radius 1 is 1.20 bits per heavy atom. The van der Waals surface area contributed by atoms with Gasteiger partial charge in [0.15, 0.2) is 0 Å². The number of carbonyl (C=O) groups is 1. The summed E-state index contributed by atoms with van der Waals surface area (Å²) >= 11 is 4.21. The van der Waals surface area contributed by atoms with Gasteiger partial charge in [0.25, 0.3) is 5.91 Å². The molecule has 1 atom stereocenters. The first-order valence-electron chi connectivity index (χ1n) is 8.57. The van der Waals surface area contributed by atoms with Crippen LogP contribution in [0.1, 0.15) is 34.0 Å². The first-order valence-corrected chi connectivity index (χ1v) is 9.20. The molecule has 2 aromatic rings. The fourth-order valence-electron chi connectivity index (χ4n) is 2.58. The number of rotatable bonds is 7. The van der Waals surface area contributed by atoms with E-state index in [2.05, 4.69) is 30.2 Å². The number of hydrogen-bond acceptors (Lipinski definition) is 4. The maximum absolute atomic E-state index is 12.6. The third-order valence-electron chi connectivity index (χ3n) is 4.39. The van der Waals surface area contributed by atoms with Crippen LogP contribution in [0.3, 0.4) is 0 Å². The van der Waals surface area contributed by atoms with Crippen LogP contribution in [0.2, 0.25) is 0 Å². The summed E-state index contributed by atoms with van der Waals surface area (Å²) in [6.07, 6.45) is 0.886. The molecule has 1 amide bonds. The van der Waals surface area contributed by atoms with Crippen LogP contribution < -0.4 is 16.4 Å². The molecule has 4 nitrogen and oxygen atoms in total. The van der Waals surface area contributed by atoms with Crippen molar-refractivity contribution in [1.29, 1.82) is 0 Å². The average Bonchev–Trinajstić information content (AvgIpc) is 2.63. The largest absolute Gasteiger partial charge is 0.383 e. The van der Waals surface area contributed by atoms with E-state index in [1.54, 1.807) is 0 Å². The van der Waals surface area contributed by atoms with Crippen LogP contribution in [0, 0.1) is 13.8 Å². The highest BCUT2D eigenvalue weighted by Gasteiger charge is 2.12. The highest BCUT2D eigenvalue weighted by atomic mass is 32.1. The van der Waals surface area contributed by atoms with E-state index < -0.39 is 0 Å². The molecule has 0 saturated heterocycles.